The average Bonchev–Trinajstić information content (AvgIpc) is 2.53. The van der Waals surface area contributed by atoms with E-state index in [0.29, 0.717) is 20.5 Å². The van der Waals surface area contributed by atoms with Crippen LogP contribution in [0.1, 0.15) is 5.56 Å². The molecule has 0 aliphatic carbocycles. The number of alkyl halides is 3. The number of carbonyl (C=O) groups excluding carboxylic acids is 1. The van der Waals surface area contributed by atoms with Crippen LogP contribution >= 0.6 is 27.5 Å². The van der Waals surface area contributed by atoms with Gasteiger partial charge in [0.15, 0.2) is 0 Å². The Balaban J connectivity index is 2.35. The van der Waals surface area contributed by atoms with Crippen LogP contribution in [0.25, 0.3) is 0 Å². The second kappa shape index (κ2) is 8.07. The van der Waals surface area contributed by atoms with Crippen LogP contribution < -0.4 is 9.62 Å². The highest BCUT2D eigenvalue weighted by molar-refractivity contribution is 9.10. The Labute approximate surface area is 167 Å². The van der Waals surface area contributed by atoms with Gasteiger partial charge in [-0.05, 0) is 46.3 Å². The fourth-order valence-corrected chi connectivity index (χ4v) is 3.63. The summed E-state index contributed by atoms with van der Waals surface area (Å²) >= 11 is 8.79. The molecular formula is C16H13BrClF3N2O3S. The fraction of sp³-hybridized carbons (Fsp3) is 0.188. The number of rotatable bonds is 5. The summed E-state index contributed by atoms with van der Waals surface area (Å²) in [5.74, 6) is -0.726. The zero-order valence-corrected chi connectivity index (χ0v) is 16.9. The minimum atomic E-state index is -4.77. The van der Waals surface area contributed by atoms with Gasteiger partial charge in [0, 0.05) is 4.47 Å². The van der Waals surface area contributed by atoms with E-state index in [4.69, 9.17) is 11.6 Å². The molecule has 0 fully saturated rings. The third kappa shape index (κ3) is 5.60. The molecule has 0 atom stereocenters. The quantitative estimate of drug-likeness (QED) is 0.677. The second-order valence-electron chi connectivity index (χ2n) is 5.46. The largest absolute Gasteiger partial charge is 0.417 e. The molecule has 2 aromatic carbocycles. The molecule has 0 aromatic heterocycles. The number of para-hydroxylation sites is 1. The van der Waals surface area contributed by atoms with E-state index in [9.17, 15) is 26.4 Å². The fourth-order valence-electron chi connectivity index (χ4n) is 2.17. The third-order valence-electron chi connectivity index (χ3n) is 3.38. The molecule has 0 spiro atoms. The molecule has 0 saturated heterocycles. The molecule has 1 N–H and O–H groups in total. The van der Waals surface area contributed by atoms with Crippen molar-refractivity contribution in [1.82, 2.24) is 0 Å². The number of anilines is 2. The van der Waals surface area contributed by atoms with Crippen LogP contribution in [0.3, 0.4) is 0 Å². The zero-order valence-electron chi connectivity index (χ0n) is 13.7. The number of nitrogens with zero attached hydrogens (tertiary/aromatic N) is 1. The number of nitrogens with one attached hydrogen (secondary N) is 1. The van der Waals surface area contributed by atoms with Gasteiger partial charge in [-0.25, -0.2) is 8.42 Å². The first-order valence-electron chi connectivity index (χ1n) is 7.28. The van der Waals surface area contributed by atoms with Crippen LogP contribution in [-0.2, 0) is 21.0 Å². The van der Waals surface area contributed by atoms with Crippen molar-refractivity contribution in [2.75, 3.05) is 22.4 Å². The molecular weight excluding hydrogens is 473 g/mol. The van der Waals surface area contributed by atoms with E-state index in [-0.39, 0.29) is 5.69 Å². The van der Waals surface area contributed by atoms with E-state index in [1.54, 1.807) is 24.3 Å². The summed E-state index contributed by atoms with van der Waals surface area (Å²) in [4.78, 5) is 12.3. The topological polar surface area (TPSA) is 66.5 Å². The number of hydrogen-bond donors (Lipinski definition) is 1. The Morgan fingerprint density at radius 2 is 1.85 bits per heavy atom. The maximum Gasteiger partial charge on any atom is 0.417 e. The number of amides is 1. The third-order valence-corrected chi connectivity index (χ3v) is 5.54. The number of benzene rings is 2. The van der Waals surface area contributed by atoms with Crippen molar-refractivity contribution in [2.45, 2.75) is 6.18 Å². The van der Waals surface area contributed by atoms with Crippen LogP contribution in [0.4, 0.5) is 24.5 Å². The zero-order chi connectivity index (χ0) is 20.4. The summed E-state index contributed by atoms with van der Waals surface area (Å²) in [7, 11) is -4.04. The molecule has 2 aromatic rings. The Hall–Kier alpha value is -1.78. The maximum atomic E-state index is 13.0. The molecule has 11 heteroatoms. The predicted molar refractivity (Wildman–Crippen MR) is 101 cm³/mol. The molecule has 2 rings (SSSR count). The summed E-state index contributed by atoms with van der Waals surface area (Å²) in [6, 6.07) is 9.25. The molecule has 27 heavy (non-hydrogen) atoms. The monoisotopic (exact) mass is 484 g/mol. The highest BCUT2D eigenvalue weighted by Crippen LogP contribution is 2.37. The lowest BCUT2D eigenvalue weighted by molar-refractivity contribution is -0.137. The Bertz CT molecular complexity index is 968. The summed E-state index contributed by atoms with van der Waals surface area (Å²) in [5.41, 5.74) is -1.12. The van der Waals surface area contributed by atoms with Crippen molar-refractivity contribution in [3.8, 4) is 0 Å². The molecule has 0 aliphatic rings. The summed E-state index contributed by atoms with van der Waals surface area (Å²) < 4.78 is 64.4. The first-order chi connectivity index (χ1) is 12.4. The lowest BCUT2D eigenvalue weighted by Gasteiger charge is -2.23. The second-order valence-corrected chi connectivity index (χ2v) is 8.63. The van der Waals surface area contributed by atoms with Crippen molar-refractivity contribution >= 4 is 54.8 Å². The van der Waals surface area contributed by atoms with Gasteiger partial charge in [-0.2, -0.15) is 13.2 Å². The highest BCUT2D eigenvalue weighted by atomic mass is 79.9. The van der Waals surface area contributed by atoms with Gasteiger partial charge in [0.05, 0.1) is 28.2 Å². The molecule has 0 unspecified atom stereocenters. The molecule has 5 nitrogen and oxygen atoms in total. The van der Waals surface area contributed by atoms with Gasteiger partial charge < -0.3 is 5.32 Å². The van der Waals surface area contributed by atoms with Gasteiger partial charge in [-0.1, -0.05) is 23.7 Å². The van der Waals surface area contributed by atoms with Crippen LogP contribution in [0.2, 0.25) is 5.02 Å². The number of carbonyl (C=O) groups is 1. The van der Waals surface area contributed by atoms with E-state index in [0.717, 1.165) is 18.4 Å². The van der Waals surface area contributed by atoms with Crippen LogP contribution in [0, 0.1) is 0 Å². The van der Waals surface area contributed by atoms with Crippen molar-refractivity contribution in [2.24, 2.45) is 0 Å². The maximum absolute atomic E-state index is 13.0. The van der Waals surface area contributed by atoms with E-state index in [1.165, 1.54) is 0 Å². The van der Waals surface area contributed by atoms with Gasteiger partial charge in [-0.15, -0.1) is 0 Å². The molecule has 146 valence electrons. The minimum Gasteiger partial charge on any atom is -0.323 e. The summed E-state index contributed by atoms with van der Waals surface area (Å²) in [6.07, 6.45) is -3.98. The average molecular weight is 486 g/mol. The van der Waals surface area contributed by atoms with Crippen LogP contribution in [-0.4, -0.2) is 27.1 Å². The van der Waals surface area contributed by atoms with Gasteiger partial charge in [0.2, 0.25) is 15.9 Å². The van der Waals surface area contributed by atoms with Crippen LogP contribution in [0.15, 0.2) is 46.9 Å². The molecule has 0 heterocycles. The number of sulfonamides is 1. The first-order valence-corrected chi connectivity index (χ1v) is 10.3. The van der Waals surface area contributed by atoms with Gasteiger partial charge in [0.25, 0.3) is 0 Å². The van der Waals surface area contributed by atoms with Crippen molar-refractivity contribution in [3.05, 3.63) is 57.5 Å². The van der Waals surface area contributed by atoms with E-state index < -0.39 is 39.2 Å². The Morgan fingerprint density at radius 1 is 1.22 bits per heavy atom. The molecule has 0 bridgehead atoms. The SMILES string of the molecule is CS(=O)(=O)N(CC(=O)Nc1ccccc1Br)c1ccc(Cl)c(C(F)(F)F)c1. The number of halogens is 5. The predicted octanol–water partition coefficient (Wildman–Crippen LogP) is 4.53. The van der Waals surface area contributed by atoms with E-state index >= 15 is 0 Å². The van der Waals surface area contributed by atoms with Crippen molar-refractivity contribution in [1.29, 1.82) is 0 Å². The van der Waals surface area contributed by atoms with Gasteiger partial charge in [-0.3, -0.25) is 9.10 Å². The smallest absolute Gasteiger partial charge is 0.323 e. The summed E-state index contributed by atoms with van der Waals surface area (Å²) in [6.45, 7) is -0.709. The van der Waals surface area contributed by atoms with Gasteiger partial charge in [0.1, 0.15) is 6.54 Å². The van der Waals surface area contributed by atoms with Crippen molar-refractivity contribution < 1.29 is 26.4 Å². The van der Waals surface area contributed by atoms with E-state index in [1.807, 2.05) is 0 Å². The molecule has 1 amide bonds. The molecule has 0 radical (unpaired) electrons. The Kier molecular flexibility index (Phi) is 6.43. The lowest BCUT2D eigenvalue weighted by atomic mass is 10.2. The van der Waals surface area contributed by atoms with E-state index in [2.05, 4.69) is 21.2 Å². The van der Waals surface area contributed by atoms with Crippen LogP contribution in [0.5, 0.6) is 0 Å². The van der Waals surface area contributed by atoms with Gasteiger partial charge >= 0.3 is 6.18 Å². The Morgan fingerprint density at radius 3 is 2.41 bits per heavy atom. The summed E-state index contributed by atoms with van der Waals surface area (Å²) in [5, 5.41) is 1.93. The minimum absolute atomic E-state index is 0.323. The number of hydrogen-bond acceptors (Lipinski definition) is 3. The van der Waals surface area contributed by atoms with Crippen molar-refractivity contribution in [3.63, 3.8) is 0 Å². The highest BCUT2D eigenvalue weighted by Gasteiger charge is 2.34. The molecule has 0 saturated carbocycles. The molecule has 0 aliphatic heterocycles. The lowest BCUT2D eigenvalue weighted by Crippen LogP contribution is -2.37. The standard InChI is InChI=1S/C16H13BrClF3N2O3S/c1-27(25,26)23(9-15(24)22-14-5-3-2-4-12(14)17)10-6-7-13(18)11(8-10)16(19,20)21/h2-8H,9H2,1H3,(H,22,24). The normalized spacial score (nSPS) is 11.9. The first kappa shape index (κ1) is 21.5.